The van der Waals surface area contributed by atoms with E-state index in [-0.39, 0.29) is 5.54 Å². The second-order valence-corrected chi connectivity index (χ2v) is 7.59. The van der Waals surface area contributed by atoms with Gasteiger partial charge in [0.25, 0.3) is 0 Å². The number of methoxy groups -OCH3 is 1. The zero-order valence-electron chi connectivity index (χ0n) is 13.5. The van der Waals surface area contributed by atoms with Crippen LogP contribution in [0.3, 0.4) is 0 Å². The summed E-state index contributed by atoms with van der Waals surface area (Å²) in [5.41, 5.74) is 6.68. The van der Waals surface area contributed by atoms with Gasteiger partial charge in [0.1, 0.15) is 0 Å². The van der Waals surface area contributed by atoms with E-state index in [0.29, 0.717) is 6.04 Å². The predicted molar refractivity (Wildman–Crippen MR) is 82.5 cm³/mol. The van der Waals surface area contributed by atoms with Crippen LogP contribution in [0.1, 0.15) is 46.0 Å². The van der Waals surface area contributed by atoms with E-state index in [1.54, 1.807) is 0 Å². The van der Waals surface area contributed by atoms with E-state index in [9.17, 15) is 0 Å². The number of nitrogens with zero attached hydrogens (tertiary/aromatic N) is 1. The van der Waals surface area contributed by atoms with Crippen molar-refractivity contribution in [1.29, 1.82) is 0 Å². The Morgan fingerprint density at radius 3 is 2.10 bits per heavy atom. The Bertz CT molecular complexity index is 316. The molecule has 4 rings (SSSR count). The quantitative estimate of drug-likeness (QED) is 0.812. The zero-order chi connectivity index (χ0) is 14.3. The lowest BCUT2D eigenvalue weighted by Crippen LogP contribution is -2.71. The molecule has 0 heterocycles. The monoisotopic (exact) mass is 280 g/mol. The van der Waals surface area contributed by atoms with Crippen LogP contribution in [0.2, 0.25) is 0 Å². The van der Waals surface area contributed by atoms with Crippen LogP contribution in [-0.4, -0.2) is 43.3 Å². The van der Waals surface area contributed by atoms with Gasteiger partial charge in [-0.15, -0.1) is 0 Å². The Kier molecular flexibility index (Phi) is 4.13. The topological polar surface area (TPSA) is 38.5 Å². The molecular weight excluding hydrogens is 248 g/mol. The van der Waals surface area contributed by atoms with Gasteiger partial charge in [-0.3, -0.25) is 4.90 Å². The van der Waals surface area contributed by atoms with Gasteiger partial charge in [0.05, 0.1) is 6.61 Å². The molecule has 4 aliphatic rings. The molecule has 0 saturated heterocycles. The molecule has 4 fully saturated rings. The fourth-order valence-electron chi connectivity index (χ4n) is 6.27. The average molecular weight is 280 g/mol. The molecule has 116 valence electrons. The summed E-state index contributed by atoms with van der Waals surface area (Å²) in [4.78, 5) is 2.71. The maximum Gasteiger partial charge on any atom is 0.0615 e. The molecule has 1 atom stereocenters. The smallest absolute Gasteiger partial charge is 0.0615 e. The highest BCUT2D eigenvalue weighted by atomic mass is 16.5. The lowest BCUT2D eigenvalue weighted by Gasteiger charge is -2.65. The summed E-state index contributed by atoms with van der Waals surface area (Å²) in [6, 6.07) is 0.478. The fourth-order valence-corrected chi connectivity index (χ4v) is 6.27. The minimum absolute atomic E-state index is 0.264. The third kappa shape index (κ3) is 2.05. The summed E-state index contributed by atoms with van der Waals surface area (Å²) in [7, 11) is 1.82. The molecule has 20 heavy (non-hydrogen) atoms. The van der Waals surface area contributed by atoms with E-state index in [1.165, 1.54) is 32.1 Å². The van der Waals surface area contributed by atoms with Crippen LogP contribution < -0.4 is 5.73 Å². The van der Waals surface area contributed by atoms with Crippen LogP contribution in [0, 0.1) is 23.7 Å². The molecule has 3 nitrogen and oxygen atoms in total. The first-order chi connectivity index (χ1) is 9.65. The van der Waals surface area contributed by atoms with Crippen molar-refractivity contribution in [3.05, 3.63) is 0 Å². The zero-order valence-corrected chi connectivity index (χ0v) is 13.5. The van der Waals surface area contributed by atoms with Gasteiger partial charge < -0.3 is 10.5 Å². The van der Waals surface area contributed by atoms with Crippen molar-refractivity contribution in [2.45, 2.75) is 57.5 Å². The Morgan fingerprint density at radius 1 is 1.15 bits per heavy atom. The van der Waals surface area contributed by atoms with Crippen LogP contribution in [0.5, 0.6) is 0 Å². The largest absolute Gasteiger partial charge is 0.383 e. The maximum absolute atomic E-state index is 6.42. The van der Waals surface area contributed by atoms with Crippen molar-refractivity contribution in [3.8, 4) is 0 Å². The van der Waals surface area contributed by atoms with Gasteiger partial charge in [0, 0.05) is 25.2 Å². The summed E-state index contributed by atoms with van der Waals surface area (Å²) < 4.78 is 5.44. The number of hydrogen-bond donors (Lipinski definition) is 1. The highest BCUT2D eigenvalue weighted by molar-refractivity contribution is 5.13. The normalized spacial score (nSPS) is 44.2. The molecule has 0 amide bonds. The molecule has 1 unspecified atom stereocenters. The van der Waals surface area contributed by atoms with Crippen LogP contribution >= 0.6 is 0 Å². The summed E-state index contributed by atoms with van der Waals surface area (Å²) in [5.74, 6) is 3.69. The molecule has 0 spiro atoms. The predicted octanol–water partition coefficient (Wildman–Crippen LogP) is 2.50. The summed E-state index contributed by atoms with van der Waals surface area (Å²) in [6.07, 6.45) is 7.23. The first kappa shape index (κ1) is 14.8. The average Bonchev–Trinajstić information content (AvgIpc) is 2.42. The Morgan fingerprint density at radius 2 is 1.70 bits per heavy atom. The standard InChI is InChI=1S/C17H32N2O/c1-4-19(12(2)10-20-3)17(11-18)15-6-13-5-14(8-15)9-16(17)7-13/h12-16H,4-11,18H2,1-3H3. The molecule has 3 heteroatoms. The van der Waals surface area contributed by atoms with Crippen LogP contribution in [0.25, 0.3) is 0 Å². The molecule has 0 aromatic carbocycles. The van der Waals surface area contributed by atoms with Gasteiger partial charge >= 0.3 is 0 Å². The number of ether oxygens (including phenoxy) is 1. The first-order valence-electron chi connectivity index (χ1n) is 8.61. The molecule has 4 bridgehead atoms. The van der Waals surface area contributed by atoms with Crippen molar-refractivity contribution in [2.75, 3.05) is 26.8 Å². The van der Waals surface area contributed by atoms with E-state index in [1.807, 2.05) is 7.11 Å². The second-order valence-electron chi connectivity index (χ2n) is 7.59. The lowest BCUT2D eigenvalue weighted by atomic mass is 9.48. The molecule has 0 aromatic rings. The molecular formula is C17H32N2O. The van der Waals surface area contributed by atoms with Crippen molar-refractivity contribution in [1.82, 2.24) is 4.90 Å². The van der Waals surface area contributed by atoms with Gasteiger partial charge in [-0.2, -0.15) is 0 Å². The third-order valence-electron chi connectivity index (χ3n) is 6.69. The van der Waals surface area contributed by atoms with Crippen molar-refractivity contribution in [2.24, 2.45) is 29.4 Å². The molecule has 4 aliphatic carbocycles. The lowest BCUT2D eigenvalue weighted by molar-refractivity contribution is -0.146. The van der Waals surface area contributed by atoms with E-state index in [2.05, 4.69) is 18.7 Å². The van der Waals surface area contributed by atoms with E-state index in [0.717, 1.165) is 43.4 Å². The number of likely N-dealkylation sites (N-methyl/N-ethyl adjacent to an activating group) is 1. The van der Waals surface area contributed by atoms with Gasteiger partial charge in [-0.05, 0) is 69.2 Å². The van der Waals surface area contributed by atoms with E-state index >= 15 is 0 Å². The Labute approximate surface area is 124 Å². The molecule has 4 saturated carbocycles. The number of nitrogens with two attached hydrogens (primary N) is 1. The highest BCUT2D eigenvalue weighted by Gasteiger charge is 2.59. The van der Waals surface area contributed by atoms with Crippen LogP contribution in [-0.2, 0) is 4.74 Å². The number of rotatable bonds is 6. The Balaban J connectivity index is 1.89. The van der Waals surface area contributed by atoms with Crippen molar-refractivity contribution < 1.29 is 4.74 Å². The molecule has 0 radical (unpaired) electrons. The third-order valence-corrected chi connectivity index (χ3v) is 6.69. The number of hydrogen-bond acceptors (Lipinski definition) is 3. The highest BCUT2D eigenvalue weighted by Crippen LogP contribution is 2.60. The SMILES string of the molecule is CCN(C(C)COC)C1(CN)C2CC3CC(C2)CC1C3. The van der Waals surface area contributed by atoms with Gasteiger partial charge in [-0.25, -0.2) is 0 Å². The van der Waals surface area contributed by atoms with Crippen molar-refractivity contribution >= 4 is 0 Å². The van der Waals surface area contributed by atoms with Crippen molar-refractivity contribution in [3.63, 3.8) is 0 Å². The minimum atomic E-state index is 0.264. The van der Waals surface area contributed by atoms with Gasteiger partial charge in [-0.1, -0.05) is 6.92 Å². The van der Waals surface area contributed by atoms with Crippen LogP contribution in [0.4, 0.5) is 0 Å². The van der Waals surface area contributed by atoms with E-state index in [4.69, 9.17) is 10.5 Å². The molecule has 0 aliphatic heterocycles. The maximum atomic E-state index is 6.42. The van der Waals surface area contributed by atoms with Crippen LogP contribution in [0.15, 0.2) is 0 Å². The Hall–Kier alpha value is -0.120. The fraction of sp³-hybridized carbons (Fsp3) is 1.00. The molecule has 0 aromatic heterocycles. The van der Waals surface area contributed by atoms with Gasteiger partial charge in [0.15, 0.2) is 0 Å². The second kappa shape index (κ2) is 5.58. The molecule has 2 N–H and O–H groups in total. The summed E-state index contributed by atoms with van der Waals surface area (Å²) in [5, 5.41) is 0. The van der Waals surface area contributed by atoms with Gasteiger partial charge in [0.2, 0.25) is 0 Å². The summed E-state index contributed by atoms with van der Waals surface area (Å²) in [6.45, 7) is 7.37. The van der Waals surface area contributed by atoms with E-state index < -0.39 is 0 Å². The first-order valence-corrected chi connectivity index (χ1v) is 8.61. The minimum Gasteiger partial charge on any atom is -0.383 e. The summed E-state index contributed by atoms with van der Waals surface area (Å²) >= 11 is 0.